The predicted octanol–water partition coefficient (Wildman–Crippen LogP) is -0.0506. The first-order valence-corrected chi connectivity index (χ1v) is 5.96. The fraction of sp³-hybridized carbons (Fsp3) is 0. The topological polar surface area (TPSA) is 61.2 Å². The fourth-order valence-corrected chi connectivity index (χ4v) is 2.47. The van der Waals surface area contributed by atoms with Crippen molar-refractivity contribution in [2.24, 2.45) is 5.16 Å². The maximum absolute atomic E-state index is 11.1. The van der Waals surface area contributed by atoms with Crippen molar-refractivity contribution in [2.45, 2.75) is 0 Å². The molecule has 0 unspecified atom stereocenters. The van der Waals surface area contributed by atoms with Gasteiger partial charge in [-0.25, -0.2) is 9.97 Å². The molecule has 0 fully saturated rings. The number of para-hydroxylation sites is 2. The van der Waals surface area contributed by atoms with Gasteiger partial charge in [-0.05, 0) is 12.1 Å². The third kappa shape index (κ3) is 1.77. The zero-order valence-corrected chi connectivity index (χ0v) is 12.9. The van der Waals surface area contributed by atoms with Gasteiger partial charge < -0.3 is 10.4 Å². The van der Waals surface area contributed by atoms with Crippen molar-refractivity contribution in [3.8, 4) is 11.3 Å². The summed E-state index contributed by atoms with van der Waals surface area (Å²) in [6.45, 7) is 0. The minimum absolute atomic E-state index is 0. The largest absolute Gasteiger partial charge is 1.00 e. The Labute approximate surface area is 137 Å². The average molecular weight is 269 g/mol. The molecular formula is C15H8N3NaO. The SMILES string of the molecule is [Na+].[O-]/N=C1/c2ccccc2-c2nc3ccccc3nc21. The van der Waals surface area contributed by atoms with Crippen LogP contribution in [0.4, 0.5) is 0 Å². The molecule has 1 aromatic heterocycles. The van der Waals surface area contributed by atoms with Crippen molar-refractivity contribution >= 4 is 16.7 Å². The standard InChI is InChI=1S/C15H9N3O.Na/c19-18-14-10-6-2-1-5-9(10)13-15(14)17-12-8-4-3-7-11(12)16-13;/h1-8,19H;/q;+1/p-1/b18-14-;. The van der Waals surface area contributed by atoms with Crippen LogP contribution in [-0.2, 0) is 0 Å². The van der Waals surface area contributed by atoms with E-state index in [9.17, 15) is 5.21 Å². The van der Waals surface area contributed by atoms with Crippen molar-refractivity contribution in [1.82, 2.24) is 9.97 Å². The molecule has 20 heavy (non-hydrogen) atoms. The van der Waals surface area contributed by atoms with Gasteiger partial charge in [-0.15, -0.1) is 0 Å². The molecule has 0 bridgehead atoms. The fourth-order valence-electron chi connectivity index (χ4n) is 2.47. The molecule has 0 spiro atoms. The van der Waals surface area contributed by atoms with E-state index in [2.05, 4.69) is 15.1 Å². The Morgan fingerprint density at radius 1 is 0.750 bits per heavy atom. The Morgan fingerprint density at radius 3 is 1.95 bits per heavy atom. The molecule has 4 nitrogen and oxygen atoms in total. The molecule has 1 aliphatic carbocycles. The normalized spacial score (nSPS) is 13.9. The Balaban J connectivity index is 0.00000121. The van der Waals surface area contributed by atoms with Crippen LogP contribution in [0.1, 0.15) is 11.3 Å². The molecule has 0 N–H and O–H groups in total. The van der Waals surface area contributed by atoms with Gasteiger partial charge in [-0.2, -0.15) is 0 Å². The van der Waals surface area contributed by atoms with E-state index in [0.29, 0.717) is 11.4 Å². The molecule has 0 radical (unpaired) electrons. The summed E-state index contributed by atoms with van der Waals surface area (Å²) >= 11 is 0. The molecule has 0 amide bonds. The predicted molar refractivity (Wildman–Crippen MR) is 74.0 cm³/mol. The van der Waals surface area contributed by atoms with E-state index in [0.717, 1.165) is 27.9 Å². The summed E-state index contributed by atoms with van der Waals surface area (Å²) in [5, 5.41) is 14.3. The van der Waals surface area contributed by atoms with Gasteiger partial charge in [0.1, 0.15) is 5.69 Å². The van der Waals surface area contributed by atoms with Gasteiger partial charge in [-0.1, -0.05) is 36.4 Å². The van der Waals surface area contributed by atoms with Crippen molar-refractivity contribution in [3.05, 3.63) is 65.0 Å². The van der Waals surface area contributed by atoms with Gasteiger partial charge in [0.15, 0.2) is 0 Å². The zero-order chi connectivity index (χ0) is 12.8. The summed E-state index contributed by atoms with van der Waals surface area (Å²) in [5.41, 5.74) is 5.02. The second kappa shape index (κ2) is 4.98. The molecule has 3 aromatic rings. The molecule has 1 aliphatic rings. The minimum atomic E-state index is 0. The number of fused-ring (bicyclic) bond motifs is 4. The molecule has 0 atom stereocenters. The van der Waals surface area contributed by atoms with Crippen LogP contribution >= 0.6 is 0 Å². The van der Waals surface area contributed by atoms with E-state index in [1.165, 1.54) is 0 Å². The van der Waals surface area contributed by atoms with E-state index in [1.54, 1.807) is 0 Å². The van der Waals surface area contributed by atoms with E-state index < -0.39 is 0 Å². The number of hydrogen-bond donors (Lipinski definition) is 0. The molecular weight excluding hydrogens is 261 g/mol. The smallest absolute Gasteiger partial charge is 0.791 e. The molecule has 0 saturated carbocycles. The Morgan fingerprint density at radius 2 is 1.30 bits per heavy atom. The first-order valence-electron chi connectivity index (χ1n) is 5.96. The van der Waals surface area contributed by atoms with Gasteiger partial charge in [0.25, 0.3) is 0 Å². The van der Waals surface area contributed by atoms with Crippen LogP contribution in [0.3, 0.4) is 0 Å². The number of benzene rings is 2. The summed E-state index contributed by atoms with van der Waals surface area (Å²) in [6, 6.07) is 15.2. The zero-order valence-electron chi connectivity index (χ0n) is 10.9. The van der Waals surface area contributed by atoms with Gasteiger partial charge >= 0.3 is 29.6 Å². The Kier molecular flexibility index (Phi) is 3.30. The summed E-state index contributed by atoms with van der Waals surface area (Å²) in [6.07, 6.45) is 0. The molecule has 5 heteroatoms. The molecule has 2 aromatic carbocycles. The first kappa shape index (κ1) is 13.2. The van der Waals surface area contributed by atoms with Crippen LogP contribution in [0, 0.1) is 5.21 Å². The number of aromatic nitrogens is 2. The van der Waals surface area contributed by atoms with Crippen molar-refractivity contribution in [1.29, 1.82) is 0 Å². The number of hydrogen-bond acceptors (Lipinski definition) is 4. The van der Waals surface area contributed by atoms with E-state index in [-0.39, 0.29) is 29.6 Å². The molecule has 90 valence electrons. The van der Waals surface area contributed by atoms with Crippen LogP contribution in [0.2, 0.25) is 0 Å². The maximum atomic E-state index is 11.1. The van der Waals surface area contributed by atoms with Crippen LogP contribution in [0.25, 0.3) is 22.3 Å². The van der Waals surface area contributed by atoms with Gasteiger partial charge in [0, 0.05) is 11.1 Å². The minimum Gasteiger partial charge on any atom is -0.791 e. The average Bonchev–Trinajstić information content (AvgIpc) is 2.78. The Hall–Kier alpha value is -1.75. The summed E-state index contributed by atoms with van der Waals surface area (Å²) in [4.78, 5) is 9.14. The third-order valence-electron chi connectivity index (χ3n) is 3.32. The second-order valence-electron chi connectivity index (χ2n) is 4.40. The van der Waals surface area contributed by atoms with E-state index in [1.807, 2.05) is 48.5 Å². The molecule has 0 saturated heterocycles. The third-order valence-corrected chi connectivity index (χ3v) is 3.32. The van der Waals surface area contributed by atoms with Crippen LogP contribution in [0.5, 0.6) is 0 Å². The van der Waals surface area contributed by atoms with E-state index >= 15 is 0 Å². The number of rotatable bonds is 0. The second-order valence-corrected chi connectivity index (χ2v) is 4.40. The summed E-state index contributed by atoms with van der Waals surface area (Å²) < 4.78 is 0. The molecule has 4 rings (SSSR count). The van der Waals surface area contributed by atoms with Crippen LogP contribution in [0.15, 0.2) is 53.7 Å². The van der Waals surface area contributed by atoms with Gasteiger partial charge in [0.2, 0.25) is 0 Å². The van der Waals surface area contributed by atoms with Gasteiger partial charge in [0.05, 0.1) is 22.4 Å². The monoisotopic (exact) mass is 269 g/mol. The molecule has 1 heterocycles. The summed E-state index contributed by atoms with van der Waals surface area (Å²) in [5.74, 6) is 0. The van der Waals surface area contributed by atoms with Gasteiger partial charge in [-0.3, -0.25) is 0 Å². The first-order chi connectivity index (χ1) is 9.38. The van der Waals surface area contributed by atoms with E-state index in [4.69, 9.17) is 0 Å². The maximum Gasteiger partial charge on any atom is 1.00 e. The van der Waals surface area contributed by atoms with Crippen LogP contribution < -0.4 is 29.6 Å². The van der Waals surface area contributed by atoms with Crippen molar-refractivity contribution < 1.29 is 29.6 Å². The van der Waals surface area contributed by atoms with Crippen molar-refractivity contribution in [3.63, 3.8) is 0 Å². The van der Waals surface area contributed by atoms with Crippen LogP contribution in [-0.4, -0.2) is 15.7 Å². The molecule has 0 aliphatic heterocycles. The Bertz CT molecular complexity index is 845. The van der Waals surface area contributed by atoms with Crippen molar-refractivity contribution in [2.75, 3.05) is 0 Å². The number of nitrogens with zero attached hydrogens (tertiary/aromatic N) is 3. The quantitative estimate of drug-likeness (QED) is 0.332. The summed E-state index contributed by atoms with van der Waals surface area (Å²) in [7, 11) is 0.